The monoisotopic (exact) mass is 245 g/mol. The zero-order chi connectivity index (χ0) is 13.1. The maximum Gasteiger partial charge on any atom is 0.119 e. The summed E-state index contributed by atoms with van der Waals surface area (Å²) in [6, 6.07) is 9.74. The Morgan fingerprint density at radius 1 is 1.33 bits per heavy atom. The number of aryl methyl sites for hydroxylation is 2. The second-order valence-corrected chi connectivity index (χ2v) is 4.31. The van der Waals surface area contributed by atoms with Crippen LogP contribution in [0.4, 0.5) is 0 Å². The molecule has 0 saturated heterocycles. The first-order valence-electron chi connectivity index (χ1n) is 6.10. The van der Waals surface area contributed by atoms with Crippen molar-refractivity contribution in [2.24, 2.45) is 12.8 Å². The molecule has 2 aromatic rings. The van der Waals surface area contributed by atoms with Crippen molar-refractivity contribution in [2.45, 2.75) is 19.9 Å². The Balaban J connectivity index is 2.23. The van der Waals surface area contributed by atoms with Crippen LogP contribution in [0.5, 0.6) is 5.75 Å². The fourth-order valence-electron chi connectivity index (χ4n) is 2.03. The maximum atomic E-state index is 6.25. The van der Waals surface area contributed by atoms with Crippen molar-refractivity contribution in [1.82, 2.24) is 9.78 Å². The summed E-state index contributed by atoms with van der Waals surface area (Å²) < 4.78 is 7.25. The Labute approximate surface area is 107 Å². The molecule has 2 rings (SSSR count). The lowest BCUT2D eigenvalue weighted by molar-refractivity contribution is 0.340. The molecule has 0 saturated carbocycles. The summed E-state index contributed by atoms with van der Waals surface area (Å²) in [5, 5.41) is 4.32. The third kappa shape index (κ3) is 2.54. The van der Waals surface area contributed by atoms with Crippen LogP contribution in [0.2, 0.25) is 0 Å². The first-order valence-corrected chi connectivity index (χ1v) is 6.10. The predicted molar refractivity (Wildman–Crippen MR) is 71.6 cm³/mol. The molecule has 1 atom stereocenters. The lowest BCUT2D eigenvalue weighted by Gasteiger charge is -2.13. The molecule has 4 nitrogen and oxygen atoms in total. The SMILES string of the molecule is CCOc1ccc(C(N)c2cc(C)nn2C)cc1. The van der Waals surface area contributed by atoms with Gasteiger partial charge in [-0.2, -0.15) is 5.10 Å². The summed E-state index contributed by atoms with van der Waals surface area (Å²) in [5.41, 5.74) is 9.30. The molecule has 0 spiro atoms. The predicted octanol–water partition coefficient (Wildman–Crippen LogP) is 2.18. The molecule has 0 bridgehead atoms. The number of hydrogen-bond acceptors (Lipinski definition) is 3. The normalized spacial score (nSPS) is 12.4. The smallest absolute Gasteiger partial charge is 0.119 e. The molecule has 1 unspecified atom stereocenters. The summed E-state index contributed by atoms with van der Waals surface area (Å²) in [6.45, 7) is 4.61. The van der Waals surface area contributed by atoms with Crippen molar-refractivity contribution in [3.8, 4) is 5.75 Å². The van der Waals surface area contributed by atoms with E-state index >= 15 is 0 Å². The number of rotatable bonds is 4. The van der Waals surface area contributed by atoms with Crippen molar-refractivity contribution >= 4 is 0 Å². The van der Waals surface area contributed by atoms with Crippen molar-refractivity contribution in [1.29, 1.82) is 0 Å². The summed E-state index contributed by atoms with van der Waals surface area (Å²) in [4.78, 5) is 0. The van der Waals surface area contributed by atoms with Gasteiger partial charge in [0.05, 0.1) is 24.0 Å². The molecule has 0 fully saturated rings. The first kappa shape index (κ1) is 12.6. The quantitative estimate of drug-likeness (QED) is 0.898. The zero-order valence-corrected chi connectivity index (χ0v) is 11.1. The van der Waals surface area contributed by atoms with Crippen molar-refractivity contribution in [3.63, 3.8) is 0 Å². The molecule has 1 aromatic carbocycles. The lowest BCUT2D eigenvalue weighted by Crippen LogP contribution is -2.15. The Kier molecular flexibility index (Phi) is 3.67. The first-order chi connectivity index (χ1) is 8.61. The van der Waals surface area contributed by atoms with Gasteiger partial charge in [0.15, 0.2) is 0 Å². The Bertz CT molecular complexity index is 516. The number of ether oxygens (including phenoxy) is 1. The van der Waals surface area contributed by atoms with Crippen LogP contribution in [0.25, 0.3) is 0 Å². The van der Waals surface area contributed by atoms with Gasteiger partial charge in [0.25, 0.3) is 0 Å². The van der Waals surface area contributed by atoms with Crippen LogP contribution in [-0.2, 0) is 7.05 Å². The maximum absolute atomic E-state index is 6.25. The topological polar surface area (TPSA) is 53.1 Å². The van der Waals surface area contributed by atoms with Gasteiger partial charge in [0, 0.05) is 7.05 Å². The number of benzene rings is 1. The van der Waals surface area contributed by atoms with E-state index in [1.807, 2.05) is 55.9 Å². The molecule has 0 aliphatic rings. The van der Waals surface area contributed by atoms with E-state index in [9.17, 15) is 0 Å². The van der Waals surface area contributed by atoms with Crippen molar-refractivity contribution < 1.29 is 4.74 Å². The van der Waals surface area contributed by atoms with Gasteiger partial charge < -0.3 is 10.5 Å². The second-order valence-electron chi connectivity index (χ2n) is 4.31. The molecule has 0 amide bonds. The minimum absolute atomic E-state index is 0.160. The number of nitrogens with two attached hydrogens (primary N) is 1. The van der Waals surface area contributed by atoms with E-state index in [1.165, 1.54) is 0 Å². The largest absolute Gasteiger partial charge is 0.494 e. The minimum Gasteiger partial charge on any atom is -0.494 e. The van der Waals surface area contributed by atoms with Crippen LogP contribution in [0, 0.1) is 6.92 Å². The molecule has 0 aliphatic carbocycles. The van der Waals surface area contributed by atoms with E-state index < -0.39 is 0 Å². The average molecular weight is 245 g/mol. The summed E-state index contributed by atoms with van der Waals surface area (Å²) in [5.74, 6) is 0.870. The van der Waals surface area contributed by atoms with Gasteiger partial charge in [-0.3, -0.25) is 4.68 Å². The van der Waals surface area contributed by atoms with E-state index in [0.717, 1.165) is 22.7 Å². The Morgan fingerprint density at radius 3 is 2.50 bits per heavy atom. The highest BCUT2D eigenvalue weighted by atomic mass is 16.5. The highest BCUT2D eigenvalue weighted by Crippen LogP contribution is 2.22. The third-order valence-corrected chi connectivity index (χ3v) is 2.91. The minimum atomic E-state index is -0.160. The fourth-order valence-corrected chi connectivity index (χ4v) is 2.03. The molecule has 2 N–H and O–H groups in total. The average Bonchev–Trinajstić information content (AvgIpc) is 2.69. The van der Waals surface area contributed by atoms with Gasteiger partial charge in [-0.1, -0.05) is 12.1 Å². The lowest BCUT2D eigenvalue weighted by atomic mass is 10.0. The van der Waals surface area contributed by atoms with E-state index in [0.29, 0.717) is 6.61 Å². The van der Waals surface area contributed by atoms with Gasteiger partial charge in [-0.15, -0.1) is 0 Å². The fraction of sp³-hybridized carbons (Fsp3) is 0.357. The molecule has 0 aliphatic heterocycles. The van der Waals surface area contributed by atoms with Gasteiger partial charge in [0.2, 0.25) is 0 Å². The molecule has 96 valence electrons. The van der Waals surface area contributed by atoms with E-state index in [1.54, 1.807) is 0 Å². The van der Waals surface area contributed by atoms with Crippen LogP contribution in [0.1, 0.15) is 29.9 Å². The molecule has 1 heterocycles. The zero-order valence-electron chi connectivity index (χ0n) is 11.1. The second kappa shape index (κ2) is 5.23. The van der Waals surface area contributed by atoms with Gasteiger partial charge in [0.1, 0.15) is 5.75 Å². The molecule has 1 aromatic heterocycles. The molecule has 0 radical (unpaired) electrons. The van der Waals surface area contributed by atoms with Crippen LogP contribution in [0.3, 0.4) is 0 Å². The molecule has 4 heteroatoms. The Morgan fingerprint density at radius 2 is 2.00 bits per heavy atom. The van der Waals surface area contributed by atoms with Crippen molar-refractivity contribution in [2.75, 3.05) is 6.61 Å². The molecule has 18 heavy (non-hydrogen) atoms. The Hall–Kier alpha value is -1.81. The summed E-state index contributed by atoms with van der Waals surface area (Å²) >= 11 is 0. The highest BCUT2D eigenvalue weighted by molar-refractivity contribution is 5.33. The van der Waals surface area contributed by atoms with Gasteiger partial charge in [-0.25, -0.2) is 0 Å². The van der Waals surface area contributed by atoms with Crippen LogP contribution >= 0.6 is 0 Å². The van der Waals surface area contributed by atoms with Crippen LogP contribution in [-0.4, -0.2) is 16.4 Å². The third-order valence-electron chi connectivity index (χ3n) is 2.91. The van der Waals surface area contributed by atoms with Gasteiger partial charge >= 0.3 is 0 Å². The molecular weight excluding hydrogens is 226 g/mol. The highest BCUT2D eigenvalue weighted by Gasteiger charge is 2.13. The summed E-state index contributed by atoms with van der Waals surface area (Å²) in [6.07, 6.45) is 0. The van der Waals surface area contributed by atoms with E-state index in [2.05, 4.69) is 5.10 Å². The summed E-state index contributed by atoms with van der Waals surface area (Å²) in [7, 11) is 1.91. The van der Waals surface area contributed by atoms with E-state index in [-0.39, 0.29) is 6.04 Å². The number of nitrogens with zero attached hydrogens (tertiary/aromatic N) is 2. The standard InChI is InChI=1S/C14H19N3O/c1-4-18-12-7-5-11(6-8-12)14(15)13-9-10(2)16-17(13)3/h5-9,14H,4,15H2,1-3H3. The molecular formula is C14H19N3O. The van der Waals surface area contributed by atoms with Crippen LogP contribution in [0.15, 0.2) is 30.3 Å². The van der Waals surface area contributed by atoms with Crippen LogP contribution < -0.4 is 10.5 Å². The van der Waals surface area contributed by atoms with Gasteiger partial charge in [-0.05, 0) is 37.6 Å². The number of hydrogen-bond donors (Lipinski definition) is 1. The van der Waals surface area contributed by atoms with E-state index in [4.69, 9.17) is 10.5 Å². The number of aromatic nitrogens is 2. The van der Waals surface area contributed by atoms with Crippen molar-refractivity contribution in [3.05, 3.63) is 47.3 Å².